The number of hydrogen-bond acceptors (Lipinski definition) is 13. The average molecular weight is 582 g/mol. The minimum atomic E-state index is -0.781. The number of nitrogens with zero attached hydrogens (tertiary/aromatic N) is 6. The van der Waals surface area contributed by atoms with Gasteiger partial charge in [-0.1, -0.05) is 11.3 Å². The molecule has 0 aliphatic rings. The highest BCUT2D eigenvalue weighted by Gasteiger charge is 2.17. The maximum Gasteiger partial charge on any atom is 0.411 e. The zero-order chi connectivity index (χ0) is 28.9. The number of amides is 1. The van der Waals surface area contributed by atoms with Crippen LogP contribution in [0.4, 0.5) is 14.9 Å². The quantitative estimate of drug-likeness (QED) is 0.229. The highest BCUT2D eigenvalue weighted by molar-refractivity contribution is 7.21. The molecule has 0 saturated carbocycles. The van der Waals surface area contributed by atoms with Gasteiger partial charge in [0.05, 0.1) is 48.5 Å². The van der Waals surface area contributed by atoms with Crippen LogP contribution in [0.25, 0.3) is 32.0 Å². The minimum Gasteiger partial charge on any atom is -0.480 e. The number of fused-ring (bicyclic) bond motifs is 2. The molecule has 2 N–H and O–H groups in total. The lowest BCUT2D eigenvalue weighted by Crippen LogP contribution is -2.18. The molecule has 0 aliphatic carbocycles. The molecule has 0 radical (unpaired) electrons. The van der Waals surface area contributed by atoms with Gasteiger partial charge in [0.1, 0.15) is 35.2 Å². The maximum absolute atomic E-state index is 14.7. The first-order chi connectivity index (χ1) is 19.8. The molecule has 1 amide bonds. The normalized spacial score (nSPS) is 11.8. The Morgan fingerprint density at radius 3 is 2.61 bits per heavy atom. The number of aliphatic hydroxyl groups excluding tert-OH is 1. The molecule has 5 aromatic rings. The first kappa shape index (κ1) is 27.8. The Balaban J connectivity index is 1.20. The van der Waals surface area contributed by atoms with Gasteiger partial charge < -0.3 is 24.1 Å². The lowest BCUT2D eigenvalue weighted by molar-refractivity contribution is 0.116. The standard InChI is InChI=1S/C26H24FN7O6S/c1-13-6-16(21-18(7-13)32-20(37-3)11-28-21)23-33-19-8-17(27)22(34-24(19)41-23)38-4-5-39-26(36)31-15-9-29-25(30-10-15)40-12-14(2)35/h6-11,14,35H,4-5,12H2,1-3H3,(H,31,36)/t14-/m0/s1. The van der Waals surface area contributed by atoms with Crippen LogP contribution in [0, 0.1) is 12.7 Å². The summed E-state index contributed by atoms with van der Waals surface area (Å²) in [6, 6.07) is 5.13. The van der Waals surface area contributed by atoms with Crippen molar-refractivity contribution in [2.75, 3.05) is 32.2 Å². The molecule has 15 heteroatoms. The zero-order valence-electron chi connectivity index (χ0n) is 22.1. The summed E-state index contributed by atoms with van der Waals surface area (Å²) in [5.41, 5.74) is 3.62. The van der Waals surface area contributed by atoms with Gasteiger partial charge in [0.15, 0.2) is 5.82 Å². The van der Waals surface area contributed by atoms with Crippen molar-refractivity contribution in [3.63, 3.8) is 0 Å². The van der Waals surface area contributed by atoms with Gasteiger partial charge in [0.25, 0.3) is 5.88 Å². The second-order valence-electron chi connectivity index (χ2n) is 8.73. The summed E-state index contributed by atoms with van der Waals surface area (Å²) >= 11 is 1.26. The lowest BCUT2D eigenvalue weighted by Gasteiger charge is -2.09. The van der Waals surface area contributed by atoms with Gasteiger partial charge in [-0.05, 0) is 31.5 Å². The summed E-state index contributed by atoms with van der Waals surface area (Å²) in [7, 11) is 1.52. The number of aromatic nitrogens is 6. The number of methoxy groups -OCH3 is 1. The van der Waals surface area contributed by atoms with Gasteiger partial charge in [-0.25, -0.2) is 34.1 Å². The summed E-state index contributed by atoms with van der Waals surface area (Å²) in [5.74, 6) is -0.544. The summed E-state index contributed by atoms with van der Waals surface area (Å²) in [6.45, 7) is 3.22. The third-order valence-corrected chi connectivity index (χ3v) is 6.40. The second kappa shape index (κ2) is 12.2. The number of nitrogens with one attached hydrogen (secondary N) is 1. The fourth-order valence-electron chi connectivity index (χ4n) is 3.63. The van der Waals surface area contributed by atoms with E-state index in [1.165, 1.54) is 43.1 Å². The number of anilines is 1. The molecule has 5 rings (SSSR count). The van der Waals surface area contributed by atoms with Gasteiger partial charge in [0.2, 0.25) is 5.88 Å². The van der Waals surface area contributed by atoms with E-state index in [4.69, 9.17) is 18.9 Å². The molecule has 4 heterocycles. The smallest absolute Gasteiger partial charge is 0.411 e. The Hall–Kier alpha value is -4.76. The lowest BCUT2D eigenvalue weighted by atomic mass is 10.1. The number of thiazole rings is 1. The number of ether oxygens (including phenoxy) is 4. The second-order valence-corrected chi connectivity index (χ2v) is 9.71. The van der Waals surface area contributed by atoms with Gasteiger partial charge >= 0.3 is 12.1 Å². The number of benzene rings is 1. The fourth-order valence-corrected chi connectivity index (χ4v) is 4.56. The first-order valence-electron chi connectivity index (χ1n) is 12.3. The Bertz CT molecular complexity index is 1700. The van der Waals surface area contributed by atoms with Crippen molar-refractivity contribution in [1.82, 2.24) is 29.9 Å². The largest absolute Gasteiger partial charge is 0.480 e. The highest BCUT2D eigenvalue weighted by Crippen LogP contribution is 2.35. The highest BCUT2D eigenvalue weighted by atomic mass is 32.1. The van der Waals surface area contributed by atoms with Crippen LogP contribution in [0.5, 0.6) is 17.8 Å². The summed E-state index contributed by atoms with van der Waals surface area (Å²) in [6.07, 6.45) is 2.72. The van der Waals surface area contributed by atoms with Crippen LogP contribution in [0.15, 0.2) is 36.8 Å². The van der Waals surface area contributed by atoms with Crippen LogP contribution in [0.2, 0.25) is 0 Å². The molecule has 212 valence electrons. The summed E-state index contributed by atoms with van der Waals surface area (Å²) in [4.78, 5) is 38.1. The zero-order valence-corrected chi connectivity index (χ0v) is 22.9. The van der Waals surface area contributed by atoms with E-state index in [1.54, 1.807) is 6.92 Å². The SMILES string of the molecule is COc1cnc2c(-c3nc4cc(F)c(OCCOC(=O)Nc5cnc(OC[C@H](C)O)nc5)nc4s3)cc(C)cc2n1. The van der Waals surface area contributed by atoms with Gasteiger partial charge in [-0.15, -0.1) is 0 Å². The van der Waals surface area contributed by atoms with Crippen LogP contribution in [0.3, 0.4) is 0 Å². The number of halogens is 1. The molecule has 4 aromatic heterocycles. The molecular formula is C26H24FN7O6S. The predicted molar refractivity (Wildman–Crippen MR) is 147 cm³/mol. The fraction of sp³-hybridized carbons (Fsp3) is 0.269. The maximum atomic E-state index is 14.7. The first-order valence-corrected chi connectivity index (χ1v) is 13.1. The molecular weight excluding hydrogens is 557 g/mol. The minimum absolute atomic E-state index is 0.0382. The topological polar surface area (TPSA) is 164 Å². The number of aryl methyl sites for hydroxylation is 1. The predicted octanol–water partition coefficient (Wildman–Crippen LogP) is 3.93. The molecule has 0 saturated heterocycles. The summed E-state index contributed by atoms with van der Waals surface area (Å²) in [5, 5.41) is 12.3. The van der Waals surface area contributed by atoms with Crippen LogP contribution < -0.4 is 19.5 Å². The molecule has 0 bridgehead atoms. The third kappa shape index (κ3) is 6.70. The molecule has 0 spiro atoms. The van der Waals surface area contributed by atoms with Gasteiger partial charge in [0, 0.05) is 11.6 Å². The molecule has 41 heavy (non-hydrogen) atoms. The third-order valence-electron chi connectivity index (χ3n) is 5.40. The molecule has 1 aromatic carbocycles. The number of carbonyl (C=O) groups excluding carboxylic acids is 1. The Morgan fingerprint density at radius 1 is 1.05 bits per heavy atom. The monoisotopic (exact) mass is 581 g/mol. The van der Waals surface area contributed by atoms with Crippen molar-refractivity contribution in [2.45, 2.75) is 20.0 Å². The van der Waals surface area contributed by atoms with E-state index in [-0.39, 0.29) is 37.4 Å². The van der Waals surface area contributed by atoms with Crippen molar-refractivity contribution in [2.24, 2.45) is 0 Å². The van der Waals surface area contributed by atoms with E-state index in [0.29, 0.717) is 32.3 Å². The number of aliphatic hydroxyl groups is 1. The Labute approximate surface area is 236 Å². The van der Waals surface area contributed by atoms with E-state index in [0.717, 1.165) is 11.1 Å². The number of carbonyl (C=O) groups is 1. The molecule has 0 unspecified atom stereocenters. The van der Waals surface area contributed by atoms with E-state index in [1.807, 2.05) is 19.1 Å². The van der Waals surface area contributed by atoms with Crippen molar-refractivity contribution in [3.8, 4) is 28.3 Å². The Kier molecular flexibility index (Phi) is 8.26. The number of hydrogen-bond donors (Lipinski definition) is 2. The van der Waals surface area contributed by atoms with E-state index < -0.39 is 18.0 Å². The van der Waals surface area contributed by atoms with Crippen molar-refractivity contribution < 1.29 is 33.2 Å². The van der Waals surface area contributed by atoms with Crippen LogP contribution in [-0.2, 0) is 4.74 Å². The van der Waals surface area contributed by atoms with Crippen LogP contribution >= 0.6 is 11.3 Å². The Morgan fingerprint density at radius 2 is 1.85 bits per heavy atom. The van der Waals surface area contributed by atoms with Crippen molar-refractivity contribution >= 4 is 44.5 Å². The number of rotatable bonds is 10. The molecule has 0 aliphatic heterocycles. The van der Waals surface area contributed by atoms with Crippen LogP contribution in [-0.4, -0.2) is 74.1 Å². The molecule has 13 nitrogen and oxygen atoms in total. The van der Waals surface area contributed by atoms with Crippen LogP contribution in [0.1, 0.15) is 12.5 Å². The van der Waals surface area contributed by atoms with E-state index in [9.17, 15) is 14.3 Å². The van der Waals surface area contributed by atoms with E-state index >= 15 is 0 Å². The number of pyridine rings is 1. The van der Waals surface area contributed by atoms with E-state index in [2.05, 4.69) is 35.2 Å². The van der Waals surface area contributed by atoms with Crippen molar-refractivity contribution in [3.05, 3.63) is 48.2 Å². The molecule has 0 fully saturated rings. The van der Waals surface area contributed by atoms with Crippen molar-refractivity contribution in [1.29, 1.82) is 0 Å². The van der Waals surface area contributed by atoms with Gasteiger partial charge in [-0.3, -0.25) is 5.32 Å². The average Bonchev–Trinajstić information content (AvgIpc) is 3.36. The van der Waals surface area contributed by atoms with Gasteiger partial charge in [-0.2, -0.15) is 4.98 Å². The summed E-state index contributed by atoms with van der Waals surface area (Å²) < 4.78 is 35.5. The molecule has 1 atom stereocenters.